The summed E-state index contributed by atoms with van der Waals surface area (Å²) < 4.78 is 53.8. The second-order valence-corrected chi connectivity index (χ2v) is 13.0. The number of piperidine rings is 1. The van der Waals surface area contributed by atoms with Crippen molar-refractivity contribution in [2.75, 3.05) is 32.5 Å². The quantitative estimate of drug-likeness (QED) is 0.542. The van der Waals surface area contributed by atoms with Crippen LogP contribution in [0.2, 0.25) is 0 Å². The molecule has 1 amide bonds. The topological polar surface area (TPSA) is 104 Å². The first-order chi connectivity index (χ1) is 16.5. The van der Waals surface area contributed by atoms with E-state index in [4.69, 9.17) is 0 Å². The zero-order chi connectivity index (χ0) is 25.4. The molecule has 1 saturated heterocycles. The van der Waals surface area contributed by atoms with Crippen molar-refractivity contribution < 1.29 is 21.6 Å². The van der Waals surface area contributed by atoms with E-state index in [1.165, 1.54) is 30.5 Å². The van der Waals surface area contributed by atoms with Gasteiger partial charge in [-0.2, -0.15) is 4.31 Å². The number of sulfonamides is 2. The summed E-state index contributed by atoms with van der Waals surface area (Å²) in [5, 5.41) is 4.68. The lowest BCUT2D eigenvalue weighted by atomic mass is 9.97. The number of hydrogen-bond acceptors (Lipinski definition) is 5. The first-order valence-electron chi connectivity index (χ1n) is 11.3. The normalized spacial score (nSPS) is 16.0. The highest BCUT2D eigenvalue weighted by molar-refractivity contribution is 7.89. The average molecular weight is 516 g/mol. The predicted octanol–water partition coefficient (Wildman–Crippen LogP) is 3.44. The Labute approximate surface area is 206 Å². The summed E-state index contributed by atoms with van der Waals surface area (Å²) in [5.74, 6) is -0.609. The van der Waals surface area contributed by atoms with E-state index in [1.807, 2.05) is 24.3 Å². The summed E-state index contributed by atoms with van der Waals surface area (Å²) in [6.07, 6.45) is 0.765. The van der Waals surface area contributed by atoms with Crippen molar-refractivity contribution in [3.05, 3.63) is 66.2 Å². The molecule has 1 aliphatic heterocycles. The van der Waals surface area contributed by atoms with Gasteiger partial charge in [0.15, 0.2) is 0 Å². The van der Waals surface area contributed by atoms with Gasteiger partial charge in [0.2, 0.25) is 26.0 Å². The monoisotopic (exact) mass is 515 g/mol. The third-order valence-electron chi connectivity index (χ3n) is 6.43. The molecule has 0 unspecified atom stereocenters. The molecule has 0 bridgehead atoms. The van der Waals surface area contributed by atoms with E-state index in [0.29, 0.717) is 18.5 Å². The zero-order valence-electron chi connectivity index (χ0n) is 19.9. The molecule has 186 valence electrons. The molecule has 1 heterocycles. The highest BCUT2D eigenvalue weighted by atomic mass is 32.2. The maximum atomic E-state index is 13.2. The molecule has 35 heavy (non-hydrogen) atoms. The molecular weight excluding hydrogens is 486 g/mol. The van der Waals surface area contributed by atoms with Crippen LogP contribution in [0.4, 0.5) is 5.69 Å². The minimum absolute atomic E-state index is 0.0969. The molecular formula is C25H29N3O5S2. The predicted molar refractivity (Wildman–Crippen MR) is 136 cm³/mol. The number of aryl methyl sites for hydroxylation is 1. The molecule has 0 aliphatic carbocycles. The van der Waals surface area contributed by atoms with Gasteiger partial charge < -0.3 is 5.32 Å². The lowest BCUT2D eigenvalue weighted by molar-refractivity contribution is -0.120. The van der Waals surface area contributed by atoms with E-state index < -0.39 is 20.0 Å². The van der Waals surface area contributed by atoms with Gasteiger partial charge in [-0.3, -0.25) is 4.79 Å². The summed E-state index contributed by atoms with van der Waals surface area (Å²) in [5.41, 5.74) is 1.18. The van der Waals surface area contributed by atoms with E-state index in [0.717, 1.165) is 20.6 Å². The molecule has 0 radical (unpaired) electrons. The Hall–Kier alpha value is -2.79. The lowest BCUT2D eigenvalue weighted by Crippen LogP contribution is -2.41. The van der Waals surface area contributed by atoms with Gasteiger partial charge in [0.05, 0.1) is 9.79 Å². The van der Waals surface area contributed by atoms with Crippen LogP contribution < -0.4 is 5.32 Å². The lowest BCUT2D eigenvalue weighted by Gasteiger charge is -2.30. The standard InChI is InChI=1S/C25H29N3O5S2/c1-18-8-10-23(34(30,31)27(2)3)17-24(18)26-25(29)20-12-14-28(15-13-20)35(32,33)22-11-9-19-6-4-5-7-21(19)16-22/h4-11,16-17,20H,12-15H2,1-3H3,(H,26,29). The van der Waals surface area contributed by atoms with Crippen molar-refractivity contribution >= 4 is 42.4 Å². The fraction of sp³-hybridized carbons (Fsp3) is 0.320. The number of anilines is 1. The molecule has 1 N–H and O–H groups in total. The summed E-state index contributed by atoms with van der Waals surface area (Å²) >= 11 is 0. The fourth-order valence-electron chi connectivity index (χ4n) is 4.18. The van der Waals surface area contributed by atoms with Gasteiger partial charge in [-0.05, 0) is 60.4 Å². The van der Waals surface area contributed by atoms with Crippen LogP contribution in [0.5, 0.6) is 0 Å². The van der Waals surface area contributed by atoms with Crippen molar-refractivity contribution in [2.24, 2.45) is 5.92 Å². The number of fused-ring (bicyclic) bond motifs is 1. The number of hydrogen-bond donors (Lipinski definition) is 1. The van der Waals surface area contributed by atoms with Crippen LogP contribution in [0, 0.1) is 12.8 Å². The van der Waals surface area contributed by atoms with Crippen LogP contribution in [-0.2, 0) is 24.8 Å². The van der Waals surface area contributed by atoms with Crippen LogP contribution in [-0.4, -0.2) is 58.5 Å². The number of benzene rings is 3. The molecule has 8 nitrogen and oxygen atoms in total. The Morgan fingerprint density at radius 3 is 2.17 bits per heavy atom. The van der Waals surface area contributed by atoms with Gasteiger partial charge in [0, 0.05) is 38.8 Å². The second kappa shape index (κ2) is 9.69. The molecule has 1 aliphatic rings. The third kappa shape index (κ3) is 5.11. The molecule has 1 fully saturated rings. The van der Waals surface area contributed by atoms with Gasteiger partial charge in [-0.1, -0.05) is 36.4 Å². The number of amides is 1. The van der Waals surface area contributed by atoms with Crippen LogP contribution >= 0.6 is 0 Å². The number of carbonyl (C=O) groups excluding carboxylic acids is 1. The van der Waals surface area contributed by atoms with Gasteiger partial charge >= 0.3 is 0 Å². The second-order valence-electron chi connectivity index (χ2n) is 8.94. The maximum absolute atomic E-state index is 13.2. The van der Waals surface area contributed by atoms with Gasteiger partial charge in [-0.25, -0.2) is 21.1 Å². The van der Waals surface area contributed by atoms with Crippen molar-refractivity contribution in [1.82, 2.24) is 8.61 Å². The molecule has 0 atom stereocenters. The molecule has 0 spiro atoms. The van der Waals surface area contributed by atoms with Crippen LogP contribution in [0.1, 0.15) is 18.4 Å². The SMILES string of the molecule is Cc1ccc(S(=O)(=O)N(C)C)cc1NC(=O)C1CCN(S(=O)(=O)c2ccc3ccccc3c2)CC1. The van der Waals surface area contributed by atoms with Crippen LogP contribution in [0.3, 0.4) is 0 Å². The zero-order valence-corrected chi connectivity index (χ0v) is 21.6. The van der Waals surface area contributed by atoms with E-state index >= 15 is 0 Å². The van der Waals surface area contributed by atoms with Gasteiger partial charge in [-0.15, -0.1) is 0 Å². The Morgan fingerprint density at radius 2 is 1.51 bits per heavy atom. The number of nitrogens with one attached hydrogen (secondary N) is 1. The molecule has 4 rings (SSSR count). The molecule has 0 saturated carbocycles. The molecule has 3 aromatic rings. The summed E-state index contributed by atoms with van der Waals surface area (Å²) in [7, 11) is -4.40. The van der Waals surface area contributed by atoms with Crippen molar-refractivity contribution in [1.29, 1.82) is 0 Å². The number of nitrogens with zero attached hydrogens (tertiary/aromatic N) is 2. The first-order valence-corrected chi connectivity index (χ1v) is 14.2. The highest BCUT2D eigenvalue weighted by Crippen LogP contribution is 2.28. The highest BCUT2D eigenvalue weighted by Gasteiger charge is 2.32. The largest absolute Gasteiger partial charge is 0.326 e. The Balaban J connectivity index is 1.44. The van der Waals surface area contributed by atoms with Crippen molar-refractivity contribution in [2.45, 2.75) is 29.6 Å². The Kier molecular flexibility index (Phi) is 7.01. The molecule has 3 aromatic carbocycles. The van der Waals surface area contributed by atoms with E-state index in [-0.39, 0.29) is 34.7 Å². The van der Waals surface area contributed by atoms with Crippen LogP contribution in [0.15, 0.2) is 70.5 Å². The Bertz CT molecular complexity index is 1480. The summed E-state index contributed by atoms with van der Waals surface area (Å²) in [6.45, 7) is 2.27. The number of carbonyl (C=O) groups is 1. The molecule has 10 heteroatoms. The summed E-state index contributed by atoms with van der Waals surface area (Å²) in [6, 6.07) is 17.3. The summed E-state index contributed by atoms with van der Waals surface area (Å²) in [4.78, 5) is 13.3. The van der Waals surface area contributed by atoms with E-state index in [1.54, 1.807) is 31.2 Å². The van der Waals surface area contributed by atoms with Crippen molar-refractivity contribution in [3.8, 4) is 0 Å². The van der Waals surface area contributed by atoms with E-state index in [2.05, 4.69) is 5.32 Å². The Morgan fingerprint density at radius 1 is 0.886 bits per heavy atom. The third-order valence-corrected chi connectivity index (χ3v) is 10.1. The first kappa shape index (κ1) is 25.3. The minimum Gasteiger partial charge on any atom is -0.326 e. The average Bonchev–Trinajstić information content (AvgIpc) is 2.84. The minimum atomic E-state index is -3.67. The van der Waals surface area contributed by atoms with Gasteiger partial charge in [0.1, 0.15) is 0 Å². The van der Waals surface area contributed by atoms with Crippen LogP contribution in [0.25, 0.3) is 10.8 Å². The van der Waals surface area contributed by atoms with E-state index in [9.17, 15) is 21.6 Å². The fourth-order valence-corrected chi connectivity index (χ4v) is 6.61. The number of rotatable bonds is 6. The maximum Gasteiger partial charge on any atom is 0.243 e. The van der Waals surface area contributed by atoms with Gasteiger partial charge in [0.25, 0.3) is 0 Å². The van der Waals surface area contributed by atoms with Crippen molar-refractivity contribution in [3.63, 3.8) is 0 Å². The molecule has 0 aromatic heterocycles. The smallest absolute Gasteiger partial charge is 0.243 e.